The van der Waals surface area contributed by atoms with E-state index in [-0.39, 0.29) is 19.4 Å². The largest absolute Gasteiger partial charge is 0.394 e. The van der Waals surface area contributed by atoms with Crippen molar-refractivity contribution in [2.75, 3.05) is 13.2 Å². The maximum atomic E-state index is 8.17. The minimum Gasteiger partial charge on any atom is -0.394 e. The summed E-state index contributed by atoms with van der Waals surface area (Å²) in [5, 5.41) is 24.0. The Hall–Kier alpha value is -0.740. The Kier molecular flexibility index (Phi) is 12.7. The average molecular weight is 136 g/mol. The molecule has 0 radical (unpaired) electrons. The van der Waals surface area contributed by atoms with Gasteiger partial charge < -0.3 is 15.3 Å². The van der Waals surface area contributed by atoms with Gasteiger partial charge in [0.2, 0.25) is 0 Å². The van der Waals surface area contributed by atoms with E-state index in [0.717, 1.165) is 0 Å². The number of hydrogen-bond donors (Lipinski definition) is 3. The summed E-state index contributed by atoms with van der Waals surface area (Å²) in [6.07, 6.45) is -0.704. The molecule has 5 heteroatoms. The summed E-state index contributed by atoms with van der Waals surface area (Å²) in [6.45, 7) is -0.729. The van der Waals surface area contributed by atoms with Gasteiger partial charge in [0.1, 0.15) is 6.10 Å². The zero-order chi connectivity index (χ0) is 7.70. The fraction of sp³-hybridized carbons (Fsp3) is 0.750. The van der Waals surface area contributed by atoms with E-state index in [1.165, 1.54) is 0 Å². The Balaban J connectivity index is 0. The van der Waals surface area contributed by atoms with Crippen LogP contribution in [0.25, 0.3) is 0 Å². The average Bonchev–Trinajstić information content (AvgIpc) is 1.88. The summed E-state index contributed by atoms with van der Waals surface area (Å²) in [6, 6.07) is 0. The molecule has 9 heavy (non-hydrogen) atoms. The van der Waals surface area contributed by atoms with Crippen molar-refractivity contribution in [3.05, 3.63) is 0 Å². The van der Waals surface area contributed by atoms with Crippen LogP contribution in [0.3, 0.4) is 0 Å². The molecule has 0 aromatic rings. The summed E-state index contributed by atoms with van der Waals surface area (Å²) < 4.78 is 0. The van der Waals surface area contributed by atoms with Crippen molar-refractivity contribution >= 4 is 6.15 Å². The van der Waals surface area contributed by atoms with E-state index in [4.69, 9.17) is 24.9 Å². The molecule has 0 aromatic heterocycles. The molecule has 0 aromatic carbocycles. The molecule has 5 nitrogen and oxygen atoms in total. The highest BCUT2D eigenvalue weighted by atomic mass is 16.3. The Bertz CT molecular complexity index is 71.0. The first kappa shape index (κ1) is 11.1. The van der Waals surface area contributed by atoms with E-state index in [9.17, 15) is 0 Å². The van der Waals surface area contributed by atoms with Gasteiger partial charge in [-0.1, -0.05) is 0 Å². The molecule has 0 spiro atoms. The van der Waals surface area contributed by atoms with Gasteiger partial charge >= 0.3 is 6.15 Å². The van der Waals surface area contributed by atoms with Crippen LogP contribution < -0.4 is 0 Å². The summed E-state index contributed by atoms with van der Waals surface area (Å²) in [7, 11) is 0. The zero-order valence-electron chi connectivity index (χ0n) is 4.65. The Morgan fingerprint density at radius 1 is 1.22 bits per heavy atom. The van der Waals surface area contributed by atoms with Gasteiger partial charge in [-0.25, -0.2) is 0 Å². The van der Waals surface area contributed by atoms with Crippen molar-refractivity contribution < 1.29 is 24.9 Å². The van der Waals surface area contributed by atoms with Crippen molar-refractivity contribution in [2.45, 2.75) is 6.10 Å². The molecule has 54 valence electrons. The lowest BCUT2D eigenvalue weighted by Crippen LogP contribution is -2.15. The number of aliphatic hydroxyl groups is 3. The van der Waals surface area contributed by atoms with Crippen molar-refractivity contribution in [3.63, 3.8) is 0 Å². The molecule has 0 unspecified atom stereocenters. The van der Waals surface area contributed by atoms with E-state index >= 15 is 0 Å². The first-order chi connectivity index (χ1) is 4.22. The zero-order valence-corrected chi connectivity index (χ0v) is 4.65. The lowest BCUT2D eigenvalue weighted by atomic mass is 10.4. The second-order valence-electron chi connectivity index (χ2n) is 1.10. The van der Waals surface area contributed by atoms with E-state index < -0.39 is 6.10 Å². The van der Waals surface area contributed by atoms with Gasteiger partial charge in [-0.15, -0.1) is 0 Å². The summed E-state index contributed by atoms with van der Waals surface area (Å²) in [4.78, 5) is 16.2. The highest BCUT2D eigenvalue weighted by molar-refractivity contribution is 5.20. The Morgan fingerprint density at radius 3 is 1.44 bits per heavy atom. The summed E-state index contributed by atoms with van der Waals surface area (Å²) in [5.74, 6) is 0. The van der Waals surface area contributed by atoms with E-state index in [0.29, 0.717) is 0 Å². The third-order valence-electron chi connectivity index (χ3n) is 0.421. The topological polar surface area (TPSA) is 94.8 Å². The smallest absolute Gasteiger partial charge is 0.373 e. The first-order valence-corrected chi connectivity index (χ1v) is 2.12. The van der Waals surface area contributed by atoms with Gasteiger partial charge in [0, 0.05) is 0 Å². The number of aliphatic hydroxyl groups excluding tert-OH is 3. The molecule has 3 N–H and O–H groups in total. The Labute approximate surface area is 51.5 Å². The van der Waals surface area contributed by atoms with Crippen LogP contribution in [0.4, 0.5) is 0 Å². The molecule has 0 saturated heterocycles. The quantitative estimate of drug-likeness (QED) is 0.398. The number of hydrogen-bond acceptors (Lipinski definition) is 5. The lowest BCUT2D eigenvalue weighted by Gasteiger charge is -1.96. The minimum absolute atomic E-state index is 0.250. The highest BCUT2D eigenvalue weighted by Crippen LogP contribution is 1.71. The summed E-state index contributed by atoms with van der Waals surface area (Å²) >= 11 is 0. The Morgan fingerprint density at radius 2 is 1.44 bits per heavy atom. The van der Waals surface area contributed by atoms with Gasteiger partial charge in [-0.3, -0.25) is 0 Å². The molecule has 0 aliphatic carbocycles. The summed E-state index contributed by atoms with van der Waals surface area (Å²) in [5.41, 5.74) is 0. The normalized spacial score (nSPS) is 7.56. The van der Waals surface area contributed by atoms with Crippen LogP contribution in [0.15, 0.2) is 0 Å². The maximum Gasteiger partial charge on any atom is 0.373 e. The van der Waals surface area contributed by atoms with Crippen LogP contribution in [-0.4, -0.2) is 40.8 Å². The minimum atomic E-state index is -0.954. The van der Waals surface area contributed by atoms with Gasteiger partial charge in [0.05, 0.1) is 13.2 Å². The van der Waals surface area contributed by atoms with E-state index in [1.807, 2.05) is 0 Å². The maximum absolute atomic E-state index is 8.17. The molecule has 0 fully saturated rings. The van der Waals surface area contributed by atoms with Gasteiger partial charge in [0.25, 0.3) is 0 Å². The molecule has 0 bridgehead atoms. The second kappa shape index (κ2) is 10.3. The third kappa shape index (κ3) is 18.9. The van der Waals surface area contributed by atoms with Crippen LogP contribution in [0.2, 0.25) is 0 Å². The molecule has 0 amide bonds. The fourth-order valence-electron chi connectivity index (χ4n) is 0.0577. The van der Waals surface area contributed by atoms with E-state index in [1.54, 1.807) is 0 Å². The van der Waals surface area contributed by atoms with Gasteiger partial charge in [-0.05, 0) is 0 Å². The molecule has 0 aliphatic rings. The molecular weight excluding hydrogens is 128 g/mol. The van der Waals surface area contributed by atoms with Crippen LogP contribution in [0, 0.1) is 0 Å². The number of carbonyl (C=O) groups excluding carboxylic acids is 2. The molecule has 0 saturated carbocycles. The third-order valence-corrected chi connectivity index (χ3v) is 0.421. The molecular formula is C4H8O5. The van der Waals surface area contributed by atoms with E-state index in [2.05, 4.69) is 0 Å². The monoisotopic (exact) mass is 136 g/mol. The standard InChI is InChI=1S/C3H8O3.CO2/c4-1-3(6)2-5;2-1-3/h3-6H,1-2H2;. The molecule has 0 atom stereocenters. The van der Waals surface area contributed by atoms with Crippen LogP contribution >= 0.6 is 0 Å². The van der Waals surface area contributed by atoms with Crippen molar-refractivity contribution in [1.82, 2.24) is 0 Å². The fourth-order valence-corrected chi connectivity index (χ4v) is 0.0577. The lowest BCUT2D eigenvalue weighted by molar-refractivity contribution is -0.191. The highest BCUT2D eigenvalue weighted by Gasteiger charge is 1.93. The van der Waals surface area contributed by atoms with Crippen molar-refractivity contribution in [3.8, 4) is 0 Å². The van der Waals surface area contributed by atoms with Crippen LogP contribution in [-0.2, 0) is 9.59 Å². The van der Waals surface area contributed by atoms with Crippen molar-refractivity contribution in [2.24, 2.45) is 0 Å². The van der Waals surface area contributed by atoms with Crippen LogP contribution in [0.5, 0.6) is 0 Å². The number of rotatable bonds is 2. The van der Waals surface area contributed by atoms with Gasteiger partial charge in [0.15, 0.2) is 0 Å². The molecule has 0 heterocycles. The second-order valence-corrected chi connectivity index (χ2v) is 1.10. The molecule has 0 aliphatic heterocycles. The predicted octanol–water partition coefficient (Wildman–Crippen LogP) is -2.25. The molecule has 0 rings (SSSR count). The SMILES string of the molecule is O=C=O.OCC(O)CO. The van der Waals surface area contributed by atoms with Crippen molar-refractivity contribution in [1.29, 1.82) is 0 Å². The van der Waals surface area contributed by atoms with Gasteiger partial charge in [-0.2, -0.15) is 9.59 Å². The predicted molar refractivity (Wildman–Crippen MR) is 25.2 cm³/mol. The van der Waals surface area contributed by atoms with Crippen LogP contribution in [0.1, 0.15) is 0 Å². The first-order valence-electron chi connectivity index (χ1n) is 2.12.